The molecule has 4 heterocycles. The second-order valence-corrected chi connectivity index (χ2v) is 7.95. The fraction of sp³-hybridized carbons (Fsp3) is 0.273. The Balaban J connectivity index is 0.000000293. The summed E-state index contributed by atoms with van der Waals surface area (Å²) in [5.41, 5.74) is -4.17. The van der Waals surface area contributed by atoms with Crippen LogP contribution in [0.3, 0.4) is 0 Å². The first-order valence-electron chi connectivity index (χ1n) is 10.6. The molecule has 0 bridgehead atoms. The zero-order chi connectivity index (χ0) is 31.8. The van der Waals surface area contributed by atoms with E-state index >= 15 is 0 Å². The van der Waals surface area contributed by atoms with Gasteiger partial charge in [-0.2, -0.15) is 61.5 Å². The van der Waals surface area contributed by atoms with E-state index in [0.717, 1.165) is 0 Å². The fourth-order valence-corrected chi connectivity index (χ4v) is 2.85. The number of hydrogen-bond donors (Lipinski definition) is 0. The largest absolute Gasteiger partial charge is 2.00 e. The van der Waals surface area contributed by atoms with Gasteiger partial charge in [-0.1, -0.05) is 23.5 Å². The third-order valence-corrected chi connectivity index (χ3v) is 5.08. The van der Waals surface area contributed by atoms with Crippen molar-refractivity contribution in [1.82, 2.24) is 30.4 Å². The Morgan fingerprint density at radius 3 is 1.05 bits per heavy atom. The monoisotopic (exact) mass is 819 g/mol. The van der Waals surface area contributed by atoms with Crippen LogP contribution in [0, 0.1) is 0 Å². The Kier molecular flexibility index (Phi) is 10.1. The van der Waals surface area contributed by atoms with Crippen molar-refractivity contribution in [3.05, 3.63) is 72.3 Å². The molecule has 0 amide bonds. The molecule has 0 aliphatic rings. The minimum atomic E-state index is -6.42. The summed E-state index contributed by atoms with van der Waals surface area (Å²) in [5, 5.41) is 11.8. The van der Waals surface area contributed by atoms with Gasteiger partial charge in [-0.05, 0) is 36.4 Å². The maximum Gasteiger partial charge on any atom is 2.00 e. The average Bonchev–Trinajstić information content (AvgIpc) is 3.60. The first-order valence-corrected chi connectivity index (χ1v) is 10.6. The van der Waals surface area contributed by atoms with Crippen molar-refractivity contribution in [3.63, 3.8) is 0 Å². The summed E-state index contributed by atoms with van der Waals surface area (Å²) in [6.07, 6.45) is -10.3. The molecule has 0 N–H and O–H groups in total. The average molecular weight is 819 g/mol. The van der Waals surface area contributed by atoms with E-state index in [1.165, 1.54) is 48.8 Å². The van der Waals surface area contributed by atoms with Crippen molar-refractivity contribution in [2.24, 2.45) is 0 Å². The Morgan fingerprint density at radius 1 is 0.465 bits per heavy atom. The fourth-order valence-electron chi connectivity index (χ4n) is 2.85. The normalized spacial score (nSPS) is 13.2. The van der Waals surface area contributed by atoms with Gasteiger partial charge >= 0.3 is 57.1 Å². The van der Waals surface area contributed by atoms with Crippen LogP contribution in [-0.4, -0.2) is 44.4 Å². The standard InChI is InChI=1S/2C11H5F7N3.Pt/c2*12-9(13,10(14,15)11(16,17)18)8-5-7(20-21-8)6-3-1-2-4-19-6;/h2*1-5H;/q2*-1;+2. The zero-order valence-electron chi connectivity index (χ0n) is 20.1. The van der Waals surface area contributed by atoms with Gasteiger partial charge < -0.3 is 20.4 Å². The summed E-state index contributed by atoms with van der Waals surface area (Å²) in [5.74, 6) is -23.6. The van der Waals surface area contributed by atoms with E-state index in [1.54, 1.807) is 0 Å². The Morgan fingerprint density at radius 2 is 0.791 bits per heavy atom. The molecular formula is C22H10F14N6Pt. The number of pyridine rings is 2. The van der Waals surface area contributed by atoms with Crippen LogP contribution in [0.5, 0.6) is 0 Å². The number of rotatable bonds is 6. The van der Waals surface area contributed by atoms with Crippen LogP contribution < -0.4 is 10.2 Å². The summed E-state index contributed by atoms with van der Waals surface area (Å²) < 4.78 is 177. The SMILES string of the molecule is FC(F)(F)C(F)(F)C(F)(F)c1cc(-c2ccccn2)n[n-]1.FC(F)(F)C(F)(F)C(F)(F)c1cc(-c2ccccn2)n[n-]1.[Pt+2]. The number of nitrogens with zero attached hydrogens (tertiary/aromatic N) is 6. The summed E-state index contributed by atoms with van der Waals surface area (Å²) in [6, 6.07) is 9.23. The van der Waals surface area contributed by atoms with Crippen molar-refractivity contribution in [1.29, 1.82) is 0 Å². The molecule has 43 heavy (non-hydrogen) atoms. The molecule has 0 saturated heterocycles. The van der Waals surface area contributed by atoms with Gasteiger partial charge in [-0.25, -0.2) is 0 Å². The first-order chi connectivity index (χ1) is 19.1. The van der Waals surface area contributed by atoms with Crippen LogP contribution >= 0.6 is 0 Å². The van der Waals surface area contributed by atoms with Gasteiger partial charge in [-0.3, -0.25) is 9.97 Å². The minimum Gasteiger partial charge on any atom is -0.573 e. The van der Waals surface area contributed by atoms with Crippen molar-refractivity contribution in [2.45, 2.75) is 36.0 Å². The predicted molar refractivity (Wildman–Crippen MR) is 111 cm³/mol. The molecule has 0 aliphatic carbocycles. The minimum absolute atomic E-state index is 0. The van der Waals surface area contributed by atoms with E-state index in [1.807, 2.05) is 0 Å². The molecule has 0 spiro atoms. The Hall–Kier alpha value is -3.57. The van der Waals surface area contributed by atoms with Crippen LogP contribution in [0.2, 0.25) is 0 Å². The van der Waals surface area contributed by atoms with E-state index in [4.69, 9.17) is 0 Å². The van der Waals surface area contributed by atoms with Crippen molar-refractivity contribution >= 4 is 0 Å². The zero-order valence-corrected chi connectivity index (χ0v) is 22.3. The van der Waals surface area contributed by atoms with Gasteiger partial charge in [0.1, 0.15) is 0 Å². The summed E-state index contributed by atoms with van der Waals surface area (Å²) in [6.45, 7) is 0. The quantitative estimate of drug-likeness (QED) is 0.200. The molecular weight excluding hydrogens is 809 g/mol. The van der Waals surface area contributed by atoms with Crippen LogP contribution in [0.1, 0.15) is 11.4 Å². The third-order valence-electron chi connectivity index (χ3n) is 5.08. The van der Waals surface area contributed by atoms with E-state index in [9.17, 15) is 61.5 Å². The molecule has 21 heteroatoms. The molecule has 0 aliphatic heterocycles. The van der Waals surface area contributed by atoms with E-state index in [-0.39, 0.29) is 43.8 Å². The molecule has 0 atom stereocenters. The van der Waals surface area contributed by atoms with Crippen molar-refractivity contribution < 1.29 is 82.5 Å². The summed E-state index contributed by atoms with van der Waals surface area (Å²) in [4.78, 5) is 7.40. The number of aromatic nitrogens is 6. The maximum absolute atomic E-state index is 13.4. The number of halogens is 14. The van der Waals surface area contributed by atoms with Crippen LogP contribution in [-0.2, 0) is 32.9 Å². The predicted octanol–water partition coefficient (Wildman–Crippen LogP) is 6.78. The third kappa shape index (κ3) is 6.83. The molecule has 4 aromatic rings. The molecule has 0 fully saturated rings. The van der Waals surface area contributed by atoms with Gasteiger partial charge in [0.25, 0.3) is 0 Å². The van der Waals surface area contributed by atoms with E-state index < -0.39 is 47.4 Å². The Labute approximate surface area is 244 Å². The van der Waals surface area contributed by atoms with Gasteiger partial charge in [0.05, 0.1) is 22.8 Å². The van der Waals surface area contributed by atoms with Crippen molar-refractivity contribution in [3.8, 4) is 22.8 Å². The van der Waals surface area contributed by atoms with Gasteiger partial charge in [0.15, 0.2) is 0 Å². The topological polar surface area (TPSA) is 79.8 Å². The number of alkyl halides is 14. The van der Waals surface area contributed by atoms with E-state index in [0.29, 0.717) is 12.1 Å². The summed E-state index contributed by atoms with van der Waals surface area (Å²) in [7, 11) is 0. The molecule has 0 saturated carbocycles. The molecule has 4 aromatic heterocycles. The van der Waals surface area contributed by atoms with Gasteiger partial charge in [-0.15, -0.1) is 0 Å². The van der Waals surface area contributed by atoms with Crippen molar-refractivity contribution in [2.75, 3.05) is 0 Å². The molecule has 236 valence electrons. The first kappa shape index (κ1) is 35.6. The number of hydrogen-bond acceptors (Lipinski definition) is 4. The molecule has 0 radical (unpaired) electrons. The molecule has 0 unspecified atom stereocenters. The molecule has 0 aromatic carbocycles. The van der Waals surface area contributed by atoms with Crippen LogP contribution in [0.4, 0.5) is 61.5 Å². The maximum atomic E-state index is 13.4. The second kappa shape index (κ2) is 12.2. The van der Waals surface area contributed by atoms with Crippen LogP contribution in [0.25, 0.3) is 22.8 Å². The van der Waals surface area contributed by atoms with Gasteiger partial charge in [0.2, 0.25) is 0 Å². The van der Waals surface area contributed by atoms with E-state index in [2.05, 4.69) is 30.4 Å². The van der Waals surface area contributed by atoms with Gasteiger partial charge in [0, 0.05) is 12.4 Å². The molecule has 4 rings (SSSR count). The summed E-state index contributed by atoms with van der Waals surface area (Å²) >= 11 is 0. The van der Waals surface area contributed by atoms with Crippen LogP contribution in [0.15, 0.2) is 60.9 Å². The second-order valence-electron chi connectivity index (χ2n) is 7.95. The molecule has 6 nitrogen and oxygen atoms in total. The smallest absolute Gasteiger partial charge is 0.573 e. The Bertz CT molecular complexity index is 1360.